The van der Waals surface area contributed by atoms with Gasteiger partial charge in [-0.1, -0.05) is 35.8 Å². The third-order valence-corrected chi connectivity index (χ3v) is 4.45. The van der Waals surface area contributed by atoms with E-state index in [4.69, 9.17) is 0 Å². The summed E-state index contributed by atoms with van der Waals surface area (Å²) < 4.78 is 13.0. The topological polar surface area (TPSA) is 0 Å². The zero-order valence-corrected chi connectivity index (χ0v) is 9.36. The fourth-order valence-corrected chi connectivity index (χ4v) is 2.55. The van der Waals surface area contributed by atoms with Crippen molar-refractivity contribution in [1.29, 1.82) is 0 Å². The van der Waals surface area contributed by atoms with Crippen molar-refractivity contribution in [3.63, 3.8) is 0 Å². The van der Waals surface area contributed by atoms with Crippen LogP contribution in [-0.2, 0) is 6.42 Å². The van der Waals surface area contributed by atoms with Crippen molar-refractivity contribution in [3.05, 3.63) is 35.1 Å². The van der Waals surface area contributed by atoms with Gasteiger partial charge in [0.2, 0.25) is 0 Å². The summed E-state index contributed by atoms with van der Waals surface area (Å²) >= 11 is 3.63. The van der Waals surface area contributed by atoms with Crippen molar-refractivity contribution in [1.82, 2.24) is 0 Å². The zero-order chi connectivity index (χ0) is 9.64. The lowest BCUT2D eigenvalue weighted by molar-refractivity contribution is 0.389. The Morgan fingerprint density at radius 1 is 1.46 bits per heavy atom. The number of alkyl halides is 1. The number of fused-ring (bicyclic) bond motifs is 1. The fourth-order valence-electron chi connectivity index (χ4n) is 1.96. The quantitative estimate of drug-likeness (QED) is 0.607. The van der Waals surface area contributed by atoms with E-state index in [0.717, 1.165) is 12.0 Å². The molecule has 13 heavy (non-hydrogen) atoms. The van der Waals surface area contributed by atoms with Gasteiger partial charge in [0.15, 0.2) is 0 Å². The van der Waals surface area contributed by atoms with Crippen LogP contribution in [-0.4, -0.2) is 0 Å². The summed E-state index contributed by atoms with van der Waals surface area (Å²) in [5, 5.41) is 0. The number of hydrogen-bond acceptors (Lipinski definition) is 0. The number of hydrogen-bond donors (Lipinski definition) is 0. The molecule has 1 unspecified atom stereocenters. The van der Waals surface area contributed by atoms with Crippen LogP contribution in [0.2, 0.25) is 0 Å². The largest absolute Gasteiger partial charge is 0.207 e. The van der Waals surface area contributed by atoms with Crippen molar-refractivity contribution in [2.75, 3.05) is 0 Å². The lowest BCUT2D eigenvalue weighted by atomic mass is 9.90. The van der Waals surface area contributed by atoms with E-state index >= 15 is 0 Å². The second kappa shape index (κ2) is 2.81. The minimum Gasteiger partial charge on any atom is -0.207 e. The van der Waals surface area contributed by atoms with E-state index in [0.29, 0.717) is 0 Å². The molecule has 0 aliphatic heterocycles. The van der Waals surface area contributed by atoms with Gasteiger partial charge >= 0.3 is 0 Å². The van der Waals surface area contributed by atoms with E-state index in [-0.39, 0.29) is 16.1 Å². The Bertz CT molecular complexity index is 344. The van der Waals surface area contributed by atoms with Crippen LogP contribution >= 0.6 is 15.9 Å². The standard InChI is InChI=1S/C11H12BrF/c1-11(2)6-7-3-4-8(13)5-9(7)10(11)12/h3-5,10H,6H2,1-2H3. The molecule has 1 atom stereocenters. The van der Waals surface area contributed by atoms with Crippen LogP contribution < -0.4 is 0 Å². The summed E-state index contributed by atoms with van der Waals surface area (Å²) in [6.45, 7) is 4.40. The van der Waals surface area contributed by atoms with Gasteiger partial charge in [0.25, 0.3) is 0 Å². The van der Waals surface area contributed by atoms with Gasteiger partial charge in [0, 0.05) is 4.83 Å². The highest BCUT2D eigenvalue weighted by molar-refractivity contribution is 9.09. The Morgan fingerprint density at radius 2 is 2.15 bits per heavy atom. The second-order valence-corrected chi connectivity index (χ2v) is 5.29. The third-order valence-electron chi connectivity index (χ3n) is 2.71. The molecule has 1 aliphatic carbocycles. The summed E-state index contributed by atoms with van der Waals surface area (Å²) in [5.41, 5.74) is 2.59. The molecule has 0 heterocycles. The van der Waals surface area contributed by atoms with Crippen LogP contribution in [0.1, 0.15) is 29.8 Å². The van der Waals surface area contributed by atoms with Crippen LogP contribution in [0.5, 0.6) is 0 Å². The normalized spacial score (nSPS) is 24.5. The third kappa shape index (κ3) is 1.41. The van der Waals surface area contributed by atoms with E-state index in [1.807, 2.05) is 6.07 Å². The molecule has 1 aliphatic rings. The van der Waals surface area contributed by atoms with Crippen molar-refractivity contribution in [2.45, 2.75) is 25.1 Å². The van der Waals surface area contributed by atoms with Crippen LogP contribution in [0, 0.1) is 11.2 Å². The molecular weight excluding hydrogens is 231 g/mol. The lowest BCUT2D eigenvalue weighted by Gasteiger charge is -2.21. The van der Waals surface area contributed by atoms with Crippen LogP contribution in [0.4, 0.5) is 4.39 Å². The van der Waals surface area contributed by atoms with Crippen molar-refractivity contribution in [2.24, 2.45) is 5.41 Å². The van der Waals surface area contributed by atoms with Crippen molar-refractivity contribution in [3.8, 4) is 0 Å². The molecule has 0 aromatic heterocycles. The Kier molecular flexibility index (Phi) is 1.99. The first-order valence-corrected chi connectivity index (χ1v) is 5.35. The van der Waals surface area contributed by atoms with Gasteiger partial charge in [0.1, 0.15) is 5.82 Å². The first-order chi connectivity index (χ1) is 6.00. The average Bonchev–Trinajstić information content (AvgIpc) is 2.26. The van der Waals surface area contributed by atoms with Gasteiger partial charge < -0.3 is 0 Å². The minimum absolute atomic E-state index is 0.138. The Hall–Kier alpha value is -0.370. The predicted octanol–water partition coefficient (Wildman–Crippen LogP) is 3.84. The van der Waals surface area contributed by atoms with Gasteiger partial charge in [-0.15, -0.1) is 0 Å². The first-order valence-electron chi connectivity index (χ1n) is 4.43. The highest BCUT2D eigenvalue weighted by atomic mass is 79.9. The minimum atomic E-state index is -0.138. The molecule has 0 saturated carbocycles. The van der Waals surface area contributed by atoms with Crippen LogP contribution in [0.25, 0.3) is 0 Å². The zero-order valence-electron chi connectivity index (χ0n) is 7.77. The summed E-state index contributed by atoms with van der Waals surface area (Å²) in [4.78, 5) is 0.283. The Morgan fingerprint density at radius 3 is 2.85 bits per heavy atom. The molecule has 70 valence electrons. The summed E-state index contributed by atoms with van der Waals surface area (Å²) in [6.07, 6.45) is 1.03. The van der Waals surface area contributed by atoms with Gasteiger partial charge in [-0.2, -0.15) is 0 Å². The molecule has 2 heteroatoms. The SMILES string of the molecule is CC1(C)Cc2ccc(F)cc2C1Br. The molecule has 1 aromatic rings. The molecule has 0 fully saturated rings. The maximum absolute atomic E-state index is 13.0. The van der Waals surface area contributed by atoms with E-state index in [1.165, 1.54) is 5.56 Å². The van der Waals surface area contributed by atoms with Gasteiger partial charge in [-0.05, 0) is 35.1 Å². The molecule has 0 spiro atoms. The maximum Gasteiger partial charge on any atom is 0.123 e. The van der Waals surface area contributed by atoms with E-state index in [1.54, 1.807) is 12.1 Å². The smallest absolute Gasteiger partial charge is 0.123 e. The van der Waals surface area contributed by atoms with Crippen LogP contribution in [0.3, 0.4) is 0 Å². The molecule has 0 amide bonds. The van der Waals surface area contributed by atoms with E-state index in [9.17, 15) is 4.39 Å². The van der Waals surface area contributed by atoms with Gasteiger partial charge in [-0.25, -0.2) is 4.39 Å². The number of halogens is 2. The fraction of sp³-hybridized carbons (Fsp3) is 0.455. The number of benzene rings is 1. The molecule has 0 nitrogen and oxygen atoms in total. The lowest BCUT2D eigenvalue weighted by Crippen LogP contribution is -2.12. The summed E-state index contributed by atoms with van der Waals surface area (Å²) in [6, 6.07) is 5.08. The molecule has 1 aromatic carbocycles. The molecule has 0 bridgehead atoms. The highest BCUT2D eigenvalue weighted by Gasteiger charge is 2.37. The Labute approximate surface area is 86.3 Å². The van der Waals surface area contributed by atoms with E-state index < -0.39 is 0 Å². The maximum atomic E-state index is 13.0. The van der Waals surface area contributed by atoms with E-state index in [2.05, 4.69) is 29.8 Å². The second-order valence-electron chi connectivity index (χ2n) is 4.37. The Balaban J connectivity index is 2.51. The molecule has 2 rings (SSSR count). The molecule has 0 radical (unpaired) electrons. The highest BCUT2D eigenvalue weighted by Crippen LogP contribution is 2.50. The van der Waals surface area contributed by atoms with Crippen molar-refractivity contribution >= 4 is 15.9 Å². The molecule has 0 N–H and O–H groups in total. The van der Waals surface area contributed by atoms with Crippen LogP contribution in [0.15, 0.2) is 18.2 Å². The first kappa shape index (κ1) is 9.20. The average molecular weight is 243 g/mol. The summed E-state index contributed by atoms with van der Waals surface area (Å²) in [5.74, 6) is -0.138. The summed E-state index contributed by atoms with van der Waals surface area (Å²) in [7, 11) is 0. The molecular formula is C11H12BrF. The predicted molar refractivity (Wildman–Crippen MR) is 55.6 cm³/mol. The van der Waals surface area contributed by atoms with Gasteiger partial charge in [-0.3, -0.25) is 0 Å². The molecule has 0 saturated heterocycles. The van der Waals surface area contributed by atoms with Gasteiger partial charge in [0.05, 0.1) is 0 Å². The number of rotatable bonds is 0. The monoisotopic (exact) mass is 242 g/mol. The van der Waals surface area contributed by atoms with Crippen molar-refractivity contribution < 1.29 is 4.39 Å².